The lowest BCUT2D eigenvalue weighted by Crippen LogP contribution is -3.00. The predicted octanol–water partition coefficient (Wildman–Crippen LogP) is 5.42. The Kier molecular flexibility index (Phi) is 26.6. The van der Waals surface area contributed by atoms with Crippen LogP contribution in [0, 0.1) is 5.41 Å². The first-order valence-electron chi connectivity index (χ1n) is 13.4. The first-order chi connectivity index (χ1) is 13.6. The Bertz CT molecular complexity index is 285. The second-order valence-corrected chi connectivity index (χ2v) is 10.5. The molecule has 0 amide bonds. The highest BCUT2D eigenvalue weighted by molar-refractivity contribution is 4.61. The molecule has 0 fully saturated rings. The third kappa shape index (κ3) is 30.5. The van der Waals surface area contributed by atoms with Gasteiger partial charge in [-0.2, -0.15) is 0 Å². The van der Waals surface area contributed by atoms with Crippen molar-refractivity contribution in [2.24, 2.45) is 5.41 Å². The van der Waals surface area contributed by atoms with Crippen molar-refractivity contribution < 1.29 is 17.7 Å². The van der Waals surface area contributed by atoms with E-state index in [4.69, 9.17) is 0 Å². The minimum absolute atomic E-state index is 0. The lowest BCUT2D eigenvalue weighted by atomic mass is 9.89. The van der Waals surface area contributed by atoms with Gasteiger partial charge >= 0.3 is 0 Å². The summed E-state index contributed by atoms with van der Waals surface area (Å²) in [4.78, 5) is 0. The largest absolute Gasteiger partial charge is 1.00 e. The van der Waals surface area contributed by atoms with Crippen molar-refractivity contribution in [1.29, 1.82) is 0 Å². The monoisotopic (exact) mass is 431 g/mol. The number of quaternary nitrogens is 1. The molecule has 0 aliphatic heterocycles. The Morgan fingerprint density at radius 3 is 1.10 bits per heavy atom. The van der Waals surface area contributed by atoms with Gasteiger partial charge < -0.3 is 17.7 Å². The molecule has 0 saturated carbocycles. The summed E-state index contributed by atoms with van der Waals surface area (Å²) in [6.45, 7) is 12.1. The molecule has 0 aliphatic carbocycles. The van der Waals surface area contributed by atoms with Crippen LogP contribution in [0.25, 0.3) is 0 Å². The van der Waals surface area contributed by atoms with Crippen molar-refractivity contribution in [3.8, 4) is 0 Å². The van der Waals surface area contributed by atoms with Crippen LogP contribution in [0.3, 0.4) is 0 Å². The second kappa shape index (κ2) is 24.5. The third-order valence-corrected chi connectivity index (χ3v) is 6.10. The minimum atomic E-state index is 0. The Morgan fingerprint density at radius 1 is 0.448 bits per heavy atom. The Labute approximate surface area is 192 Å². The van der Waals surface area contributed by atoms with Crippen molar-refractivity contribution in [2.75, 3.05) is 13.1 Å². The summed E-state index contributed by atoms with van der Waals surface area (Å²) in [6, 6.07) is 0. The van der Waals surface area contributed by atoms with Gasteiger partial charge in [-0.05, 0) is 37.5 Å². The van der Waals surface area contributed by atoms with E-state index in [0.29, 0.717) is 5.41 Å². The SMILES string of the molecule is CCCCCCCCCC[NH2+]CCCCCCCCCCCCCC(C)(C)C.[Cl-]. The maximum Gasteiger partial charge on any atom is 0.0755 e. The molecular formula is C27H58ClN. The summed E-state index contributed by atoms with van der Waals surface area (Å²) in [5.41, 5.74) is 0.533. The number of halogens is 1. The van der Waals surface area contributed by atoms with E-state index in [1.54, 1.807) is 0 Å². The molecule has 0 aromatic rings. The van der Waals surface area contributed by atoms with E-state index in [1.165, 1.54) is 142 Å². The van der Waals surface area contributed by atoms with Gasteiger partial charge in [-0.3, -0.25) is 0 Å². The Hall–Kier alpha value is 0.250. The van der Waals surface area contributed by atoms with Crippen molar-refractivity contribution in [3.63, 3.8) is 0 Å². The molecule has 0 aromatic heterocycles. The van der Waals surface area contributed by atoms with Crippen LogP contribution in [0.5, 0.6) is 0 Å². The normalized spacial score (nSPS) is 11.6. The van der Waals surface area contributed by atoms with Crippen LogP contribution >= 0.6 is 0 Å². The molecule has 0 rings (SSSR count). The highest BCUT2D eigenvalue weighted by atomic mass is 35.5. The van der Waals surface area contributed by atoms with Crippen molar-refractivity contribution in [3.05, 3.63) is 0 Å². The van der Waals surface area contributed by atoms with Crippen LogP contribution < -0.4 is 17.7 Å². The molecule has 0 atom stereocenters. The fourth-order valence-corrected chi connectivity index (χ4v) is 4.10. The van der Waals surface area contributed by atoms with Gasteiger partial charge in [-0.25, -0.2) is 0 Å². The Balaban J connectivity index is 0. The summed E-state index contributed by atoms with van der Waals surface area (Å²) in [5, 5.41) is 2.57. The van der Waals surface area contributed by atoms with E-state index >= 15 is 0 Å². The molecular weight excluding hydrogens is 374 g/mol. The lowest BCUT2D eigenvalue weighted by Gasteiger charge is -2.17. The maximum atomic E-state index is 2.57. The molecule has 0 unspecified atom stereocenters. The number of unbranched alkanes of at least 4 members (excludes halogenated alkanes) is 17. The van der Waals surface area contributed by atoms with E-state index in [2.05, 4.69) is 33.0 Å². The standard InChI is InChI=1S/C27H57N.ClH/c1-5-6-7-8-9-16-19-22-25-28-26-23-20-17-14-12-10-11-13-15-18-21-24-27(2,3)4;/h28H,5-26H2,1-4H3;1H. The number of rotatable bonds is 22. The van der Waals surface area contributed by atoms with Crippen LogP contribution in [0.4, 0.5) is 0 Å². The molecule has 29 heavy (non-hydrogen) atoms. The van der Waals surface area contributed by atoms with Crippen LogP contribution in [-0.4, -0.2) is 13.1 Å². The first kappa shape index (κ1) is 31.4. The summed E-state index contributed by atoms with van der Waals surface area (Å²) in [7, 11) is 0. The molecule has 0 saturated heterocycles. The topological polar surface area (TPSA) is 16.6 Å². The molecule has 2 heteroatoms. The predicted molar refractivity (Wildman–Crippen MR) is 129 cm³/mol. The molecule has 178 valence electrons. The van der Waals surface area contributed by atoms with E-state index in [9.17, 15) is 0 Å². The molecule has 2 N–H and O–H groups in total. The summed E-state index contributed by atoms with van der Waals surface area (Å²) < 4.78 is 0. The average molecular weight is 432 g/mol. The highest BCUT2D eigenvalue weighted by Gasteiger charge is 2.08. The summed E-state index contributed by atoms with van der Waals surface area (Å²) >= 11 is 0. The average Bonchev–Trinajstić information content (AvgIpc) is 2.65. The number of hydrogen-bond donors (Lipinski definition) is 1. The minimum Gasteiger partial charge on any atom is -1.00 e. The molecule has 0 spiro atoms. The molecule has 0 aliphatic rings. The van der Waals surface area contributed by atoms with E-state index in [1.807, 2.05) is 0 Å². The zero-order chi connectivity index (χ0) is 20.8. The van der Waals surface area contributed by atoms with Crippen LogP contribution in [0.15, 0.2) is 0 Å². The molecule has 0 aromatic carbocycles. The van der Waals surface area contributed by atoms with E-state index in [-0.39, 0.29) is 12.4 Å². The van der Waals surface area contributed by atoms with Gasteiger partial charge in [0.15, 0.2) is 0 Å². The van der Waals surface area contributed by atoms with Gasteiger partial charge in [0.25, 0.3) is 0 Å². The van der Waals surface area contributed by atoms with Crippen LogP contribution in [-0.2, 0) is 0 Å². The lowest BCUT2D eigenvalue weighted by molar-refractivity contribution is -0.655. The van der Waals surface area contributed by atoms with Gasteiger partial charge in [-0.1, -0.05) is 124 Å². The first-order valence-corrected chi connectivity index (χ1v) is 13.4. The van der Waals surface area contributed by atoms with Gasteiger partial charge in [0.1, 0.15) is 0 Å². The van der Waals surface area contributed by atoms with Crippen molar-refractivity contribution >= 4 is 0 Å². The van der Waals surface area contributed by atoms with Crippen LogP contribution in [0.2, 0.25) is 0 Å². The number of hydrogen-bond acceptors (Lipinski definition) is 0. The van der Waals surface area contributed by atoms with Crippen molar-refractivity contribution in [1.82, 2.24) is 0 Å². The van der Waals surface area contributed by atoms with Gasteiger partial charge in [0.05, 0.1) is 13.1 Å². The molecule has 0 bridgehead atoms. The summed E-state index contributed by atoms with van der Waals surface area (Å²) in [5.74, 6) is 0. The molecule has 0 radical (unpaired) electrons. The number of nitrogens with two attached hydrogens (primary N) is 1. The molecule has 0 heterocycles. The van der Waals surface area contributed by atoms with Gasteiger partial charge in [0.2, 0.25) is 0 Å². The van der Waals surface area contributed by atoms with E-state index in [0.717, 1.165) is 0 Å². The van der Waals surface area contributed by atoms with Crippen molar-refractivity contribution in [2.45, 2.75) is 156 Å². The van der Waals surface area contributed by atoms with Gasteiger partial charge in [0, 0.05) is 0 Å². The maximum absolute atomic E-state index is 2.57. The molecule has 1 nitrogen and oxygen atoms in total. The zero-order valence-electron chi connectivity index (χ0n) is 21.0. The van der Waals surface area contributed by atoms with Gasteiger partial charge in [-0.15, -0.1) is 0 Å². The zero-order valence-corrected chi connectivity index (χ0v) is 21.8. The Morgan fingerprint density at radius 2 is 0.759 bits per heavy atom. The quantitative estimate of drug-likeness (QED) is 0.220. The fraction of sp³-hybridized carbons (Fsp3) is 1.00. The van der Waals surface area contributed by atoms with E-state index < -0.39 is 0 Å². The highest BCUT2D eigenvalue weighted by Crippen LogP contribution is 2.22. The third-order valence-electron chi connectivity index (χ3n) is 6.10. The smallest absolute Gasteiger partial charge is 0.0755 e. The van der Waals surface area contributed by atoms with Crippen LogP contribution in [0.1, 0.15) is 156 Å². The summed E-state index contributed by atoms with van der Waals surface area (Å²) in [6.07, 6.45) is 29.0. The fourth-order valence-electron chi connectivity index (χ4n) is 4.10. The second-order valence-electron chi connectivity index (χ2n) is 10.5.